The average Bonchev–Trinajstić information content (AvgIpc) is 2.28. The van der Waals surface area contributed by atoms with Crippen LogP contribution in [-0.2, 0) is 9.30 Å². The van der Waals surface area contributed by atoms with Crippen LogP contribution < -0.4 is 0 Å². The first-order valence-electron chi connectivity index (χ1n) is 4.37. The van der Waals surface area contributed by atoms with E-state index in [1.54, 1.807) is 6.92 Å². The molecule has 1 rings (SSSR count). The largest absolute Gasteiger partial charge is 0.388 e. The third-order valence-corrected chi connectivity index (χ3v) is 3.15. The van der Waals surface area contributed by atoms with Gasteiger partial charge in [-0.3, -0.25) is 4.57 Å². The summed E-state index contributed by atoms with van der Waals surface area (Å²) in [4.78, 5) is 17.2. The number of rotatable bonds is 3. The van der Waals surface area contributed by atoms with Crippen LogP contribution in [0, 0.1) is 0 Å². The van der Waals surface area contributed by atoms with Crippen molar-refractivity contribution in [2.75, 3.05) is 6.16 Å². The predicted octanol–water partition coefficient (Wildman–Crippen LogP) is -0.937. The second-order valence-corrected chi connectivity index (χ2v) is 5.31. The number of ether oxygens (including phenoxy) is 1. The van der Waals surface area contributed by atoms with Crippen LogP contribution in [0.15, 0.2) is 0 Å². The van der Waals surface area contributed by atoms with Gasteiger partial charge >= 0.3 is 7.60 Å². The van der Waals surface area contributed by atoms with Crippen LogP contribution >= 0.6 is 7.60 Å². The molecule has 84 valence electrons. The summed E-state index contributed by atoms with van der Waals surface area (Å²) in [5.74, 6) is 0. The van der Waals surface area contributed by atoms with E-state index in [9.17, 15) is 14.8 Å². The third-order valence-electron chi connectivity index (χ3n) is 2.31. The van der Waals surface area contributed by atoms with Crippen LogP contribution in [0.4, 0.5) is 0 Å². The van der Waals surface area contributed by atoms with Gasteiger partial charge in [-0.2, -0.15) is 0 Å². The average molecular weight is 226 g/mol. The van der Waals surface area contributed by atoms with Crippen molar-refractivity contribution in [2.24, 2.45) is 0 Å². The van der Waals surface area contributed by atoms with Gasteiger partial charge in [0.15, 0.2) is 0 Å². The summed E-state index contributed by atoms with van der Waals surface area (Å²) in [6.07, 6.45) is -3.51. The molecular weight excluding hydrogens is 211 g/mol. The van der Waals surface area contributed by atoms with Gasteiger partial charge < -0.3 is 24.7 Å². The zero-order valence-corrected chi connectivity index (χ0v) is 8.67. The van der Waals surface area contributed by atoms with E-state index < -0.39 is 32.0 Å². The fourth-order valence-electron chi connectivity index (χ4n) is 1.47. The van der Waals surface area contributed by atoms with Gasteiger partial charge in [0.05, 0.1) is 18.4 Å². The van der Waals surface area contributed by atoms with E-state index in [1.165, 1.54) is 0 Å². The van der Waals surface area contributed by atoms with Gasteiger partial charge in [-0.1, -0.05) is 0 Å². The maximum absolute atomic E-state index is 10.6. The monoisotopic (exact) mass is 226 g/mol. The molecule has 0 radical (unpaired) electrons. The van der Waals surface area contributed by atoms with Gasteiger partial charge in [-0.15, -0.1) is 0 Å². The van der Waals surface area contributed by atoms with E-state index in [0.29, 0.717) is 0 Å². The van der Waals surface area contributed by atoms with Crippen LogP contribution in [0.1, 0.15) is 13.3 Å². The molecule has 4 N–H and O–H groups in total. The smallest absolute Gasteiger partial charge is 0.325 e. The molecule has 0 aromatic rings. The fourth-order valence-corrected chi connectivity index (χ4v) is 2.06. The lowest BCUT2D eigenvalue weighted by atomic mass is 10.1. The van der Waals surface area contributed by atoms with Gasteiger partial charge in [0.2, 0.25) is 0 Å². The number of hydrogen-bond donors (Lipinski definition) is 4. The maximum atomic E-state index is 10.6. The Balaban J connectivity index is 2.44. The van der Waals surface area contributed by atoms with Crippen LogP contribution in [0.2, 0.25) is 0 Å². The highest BCUT2D eigenvalue weighted by atomic mass is 31.2. The van der Waals surface area contributed by atoms with Gasteiger partial charge in [0.1, 0.15) is 12.2 Å². The molecule has 6 nitrogen and oxygen atoms in total. The SMILES string of the molecule is C[C@@H]1O[C@H](CCP(=O)(O)O)C(O)[C@@H]1O. The highest BCUT2D eigenvalue weighted by Gasteiger charge is 2.40. The molecule has 1 aliphatic heterocycles. The summed E-state index contributed by atoms with van der Waals surface area (Å²) in [7, 11) is -4.06. The summed E-state index contributed by atoms with van der Waals surface area (Å²) in [5.41, 5.74) is 0. The molecule has 0 bridgehead atoms. The topological polar surface area (TPSA) is 107 Å². The van der Waals surface area contributed by atoms with Crippen LogP contribution in [0.5, 0.6) is 0 Å². The molecule has 0 aliphatic carbocycles. The molecule has 0 aromatic heterocycles. The van der Waals surface area contributed by atoms with E-state index in [-0.39, 0.29) is 12.6 Å². The Morgan fingerprint density at radius 2 is 1.86 bits per heavy atom. The van der Waals surface area contributed by atoms with Crippen molar-refractivity contribution in [1.29, 1.82) is 0 Å². The number of aliphatic hydroxyl groups excluding tert-OH is 2. The molecule has 1 heterocycles. The van der Waals surface area contributed by atoms with Gasteiger partial charge in [0.25, 0.3) is 0 Å². The van der Waals surface area contributed by atoms with Gasteiger partial charge in [-0.25, -0.2) is 0 Å². The van der Waals surface area contributed by atoms with E-state index in [4.69, 9.17) is 14.5 Å². The second-order valence-electron chi connectivity index (χ2n) is 3.54. The van der Waals surface area contributed by atoms with E-state index in [0.717, 1.165) is 0 Å². The molecule has 1 aliphatic rings. The molecule has 1 unspecified atom stereocenters. The molecule has 7 heteroatoms. The lowest BCUT2D eigenvalue weighted by Crippen LogP contribution is -2.31. The summed E-state index contributed by atoms with van der Waals surface area (Å²) in [6, 6.07) is 0. The van der Waals surface area contributed by atoms with Gasteiger partial charge in [-0.05, 0) is 13.3 Å². The Labute approximate surface area is 81.7 Å². The highest BCUT2D eigenvalue weighted by molar-refractivity contribution is 7.51. The standard InChI is InChI=1S/C7H15O6P/c1-4-6(8)7(9)5(13-4)2-3-14(10,11)12/h4-9H,2-3H2,1H3,(H2,10,11,12)/t4-,5+,6+,7?/m0/s1. The molecule has 1 fully saturated rings. The number of hydrogen-bond acceptors (Lipinski definition) is 4. The Morgan fingerprint density at radius 3 is 2.21 bits per heavy atom. The first-order valence-corrected chi connectivity index (χ1v) is 6.17. The summed E-state index contributed by atoms with van der Waals surface area (Å²) in [6.45, 7) is 1.60. The molecule has 0 saturated carbocycles. The van der Waals surface area contributed by atoms with Crippen molar-refractivity contribution in [1.82, 2.24) is 0 Å². The summed E-state index contributed by atoms with van der Waals surface area (Å²) in [5, 5.41) is 18.7. The molecule has 0 spiro atoms. The normalized spacial score (nSPS) is 38.9. The van der Waals surface area contributed by atoms with Crippen molar-refractivity contribution in [3.8, 4) is 0 Å². The predicted molar refractivity (Wildman–Crippen MR) is 47.9 cm³/mol. The minimum Gasteiger partial charge on any atom is -0.388 e. The van der Waals surface area contributed by atoms with E-state index in [2.05, 4.69) is 0 Å². The van der Waals surface area contributed by atoms with Crippen molar-refractivity contribution in [3.63, 3.8) is 0 Å². The minimum atomic E-state index is -4.06. The molecule has 14 heavy (non-hydrogen) atoms. The zero-order valence-electron chi connectivity index (χ0n) is 7.78. The van der Waals surface area contributed by atoms with Crippen molar-refractivity contribution >= 4 is 7.60 Å². The minimum absolute atomic E-state index is 0.0485. The molecule has 0 amide bonds. The van der Waals surface area contributed by atoms with Crippen LogP contribution in [0.25, 0.3) is 0 Å². The summed E-state index contributed by atoms with van der Waals surface area (Å²) < 4.78 is 15.7. The van der Waals surface area contributed by atoms with Crippen molar-refractivity contribution in [3.05, 3.63) is 0 Å². The van der Waals surface area contributed by atoms with Crippen molar-refractivity contribution < 1.29 is 29.3 Å². The molecular formula is C7H15O6P. The Morgan fingerprint density at radius 1 is 1.29 bits per heavy atom. The van der Waals surface area contributed by atoms with Crippen LogP contribution in [0.3, 0.4) is 0 Å². The Kier molecular flexibility index (Phi) is 3.69. The third kappa shape index (κ3) is 3.02. The second kappa shape index (κ2) is 4.26. The van der Waals surface area contributed by atoms with Crippen LogP contribution in [-0.4, -0.2) is 50.6 Å². The Bertz CT molecular complexity index is 238. The van der Waals surface area contributed by atoms with E-state index in [1.807, 2.05) is 0 Å². The lowest BCUT2D eigenvalue weighted by molar-refractivity contribution is 0.0143. The highest BCUT2D eigenvalue weighted by Crippen LogP contribution is 2.37. The summed E-state index contributed by atoms with van der Waals surface area (Å²) >= 11 is 0. The quantitative estimate of drug-likeness (QED) is 0.463. The first kappa shape index (κ1) is 12.1. The maximum Gasteiger partial charge on any atom is 0.325 e. The molecule has 0 aromatic carbocycles. The fraction of sp³-hybridized carbons (Fsp3) is 1.00. The van der Waals surface area contributed by atoms with Crippen molar-refractivity contribution in [2.45, 2.75) is 37.8 Å². The van der Waals surface area contributed by atoms with E-state index >= 15 is 0 Å². The Hall–Kier alpha value is 0.0300. The molecule has 4 atom stereocenters. The van der Waals surface area contributed by atoms with Gasteiger partial charge in [0, 0.05) is 0 Å². The number of aliphatic hydroxyl groups is 2. The zero-order chi connectivity index (χ0) is 10.9. The molecule has 1 saturated heterocycles. The lowest BCUT2D eigenvalue weighted by Gasteiger charge is -2.14. The first-order chi connectivity index (χ1) is 6.31.